The van der Waals surface area contributed by atoms with Gasteiger partial charge in [-0.25, -0.2) is 13.2 Å². The molecule has 0 aliphatic carbocycles. The van der Waals surface area contributed by atoms with E-state index in [0.717, 1.165) is 0 Å². The normalized spacial score (nSPS) is 18.8. The monoisotopic (exact) mass is 430 g/mol. The lowest BCUT2D eigenvalue weighted by Gasteiger charge is -2.36. The zero-order valence-corrected chi connectivity index (χ0v) is 17.8. The van der Waals surface area contributed by atoms with Gasteiger partial charge in [-0.05, 0) is 62.2 Å². The maximum absolute atomic E-state index is 12.9. The first-order chi connectivity index (χ1) is 14.1. The number of rotatable bonds is 3. The molecule has 0 aromatic heterocycles. The van der Waals surface area contributed by atoms with Crippen LogP contribution in [0.15, 0.2) is 35.2 Å². The van der Waals surface area contributed by atoms with E-state index in [-0.39, 0.29) is 34.2 Å². The predicted molar refractivity (Wildman–Crippen MR) is 108 cm³/mol. The maximum atomic E-state index is 12.9. The topological polar surface area (TPSA) is 96.0 Å². The smallest absolute Gasteiger partial charge is 0.343 e. The van der Waals surface area contributed by atoms with Crippen molar-refractivity contribution in [2.24, 2.45) is 0 Å². The number of esters is 1. The summed E-state index contributed by atoms with van der Waals surface area (Å²) in [5.41, 5.74) is 2.07. The van der Waals surface area contributed by atoms with Crippen molar-refractivity contribution < 1.29 is 32.2 Å². The SMILES string of the molecule is CC(=O)c1ccc(OC(=O)c2cc(C)c3c(c2C)C2(CCS3(=O)=O)OCCO2)cc1. The largest absolute Gasteiger partial charge is 0.423 e. The summed E-state index contributed by atoms with van der Waals surface area (Å²) in [6.45, 7) is 5.51. The summed E-state index contributed by atoms with van der Waals surface area (Å²) in [7, 11) is -3.52. The minimum Gasteiger partial charge on any atom is -0.423 e. The van der Waals surface area contributed by atoms with E-state index in [1.165, 1.54) is 13.0 Å². The van der Waals surface area contributed by atoms with Gasteiger partial charge in [0.25, 0.3) is 0 Å². The Bertz CT molecular complexity index is 1140. The fraction of sp³-hybridized carbons (Fsp3) is 0.364. The van der Waals surface area contributed by atoms with E-state index in [1.54, 1.807) is 38.1 Å². The Balaban J connectivity index is 1.77. The summed E-state index contributed by atoms with van der Waals surface area (Å²) >= 11 is 0. The fourth-order valence-corrected chi connectivity index (χ4v) is 6.03. The van der Waals surface area contributed by atoms with E-state index >= 15 is 0 Å². The molecule has 0 N–H and O–H groups in total. The van der Waals surface area contributed by atoms with Crippen molar-refractivity contribution >= 4 is 21.6 Å². The minimum absolute atomic E-state index is 0.0768. The van der Waals surface area contributed by atoms with E-state index in [9.17, 15) is 18.0 Å². The lowest BCUT2D eigenvalue weighted by atomic mass is 9.91. The molecule has 0 amide bonds. The Hall–Kier alpha value is -2.55. The van der Waals surface area contributed by atoms with Gasteiger partial charge in [0, 0.05) is 17.5 Å². The van der Waals surface area contributed by atoms with Gasteiger partial charge < -0.3 is 14.2 Å². The molecule has 1 saturated heterocycles. The molecule has 1 spiro atoms. The molecule has 0 bridgehead atoms. The highest BCUT2D eigenvalue weighted by Crippen LogP contribution is 2.46. The minimum atomic E-state index is -3.52. The van der Waals surface area contributed by atoms with Gasteiger partial charge in [-0.3, -0.25) is 4.79 Å². The maximum Gasteiger partial charge on any atom is 0.343 e. The van der Waals surface area contributed by atoms with Gasteiger partial charge in [0.1, 0.15) is 5.75 Å². The van der Waals surface area contributed by atoms with Crippen molar-refractivity contribution in [1.82, 2.24) is 0 Å². The molecule has 0 unspecified atom stereocenters. The molecule has 2 heterocycles. The molecule has 30 heavy (non-hydrogen) atoms. The van der Waals surface area contributed by atoms with Crippen LogP contribution in [0, 0.1) is 13.8 Å². The zero-order chi connectivity index (χ0) is 21.7. The second-order valence-corrected chi connectivity index (χ2v) is 9.60. The summed E-state index contributed by atoms with van der Waals surface area (Å²) in [5.74, 6) is -1.65. The van der Waals surface area contributed by atoms with Crippen LogP contribution in [0.1, 0.15) is 50.8 Å². The van der Waals surface area contributed by atoms with Crippen LogP contribution in [0.3, 0.4) is 0 Å². The average molecular weight is 430 g/mol. The third kappa shape index (κ3) is 3.34. The predicted octanol–water partition coefficient (Wildman–Crippen LogP) is 3.10. The fourth-order valence-electron chi connectivity index (χ4n) is 4.12. The Morgan fingerprint density at radius 1 is 1.07 bits per heavy atom. The van der Waals surface area contributed by atoms with Gasteiger partial charge >= 0.3 is 5.97 Å². The van der Waals surface area contributed by atoms with Gasteiger partial charge in [-0.2, -0.15) is 0 Å². The Morgan fingerprint density at radius 2 is 1.70 bits per heavy atom. The number of hydrogen-bond donors (Lipinski definition) is 0. The molecular formula is C22H22O7S. The van der Waals surface area contributed by atoms with Crippen molar-refractivity contribution in [3.05, 3.63) is 58.1 Å². The number of aryl methyl sites for hydroxylation is 1. The number of Topliss-reactive ketones (excluding diaryl/α,β-unsaturated/α-hetero) is 1. The van der Waals surface area contributed by atoms with Gasteiger partial charge in [0.05, 0.1) is 29.4 Å². The molecule has 4 rings (SSSR count). The highest BCUT2D eigenvalue weighted by Gasteiger charge is 2.49. The van der Waals surface area contributed by atoms with Gasteiger partial charge in [-0.15, -0.1) is 0 Å². The molecule has 1 fully saturated rings. The van der Waals surface area contributed by atoms with E-state index in [1.807, 2.05) is 0 Å². The Labute approximate surface area is 174 Å². The standard InChI is InChI=1S/C22H22O7S/c1-13-12-18(21(24)29-17-6-4-16(5-7-17)15(3)23)14(2)19-20(13)30(25,26)11-8-22(19)27-9-10-28-22/h4-7,12H,8-11H2,1-3H3. The number of fused-ring (bicyclic) bond motifs is 2. The van der Waals surface area contributed by atoms with Crippen molar-refractivity contribution in [3.63, 3.8) is 0 Å². The molecule has 2 aliphatic rings. The molecular weight excluding hydrogens is 408 g/mol. The molecule has 2 aromatic carbocycles. The molecule has 2 aromatic rings. The van der Waals surface area contributed by atoms with Gasteiger partial charge in [0.2, 0.25) is 0 Å². The van der Waals surface area contributed by atoms with E-state index in [4.69, 9.17) is 14.2 Å². The Morgan fingerprint density at radius 3 is 2.30 bits per heavy atom. The number of hydrogen-bond acceptors (Lipinski definition) is 7. The highest BCUT2D eigenvalue weighted by atomic mass is 32.2. The second-order valence-electron chi connectivity index (χ2n) is 7.56. The molecule has 7 nitrogen and oxygen atoms in total. The number of ether oxygens (including phenoxy) is 3. The van der Waals surface area contributed by atoms with Crippen LogP contribution in [0.25, 0.3) is 0 Å². The summed E-state index contributed by atoms with van der Waals surface area (Å²) < 4.78 is 42.8. The quantitative estimate of drug-likeness (QED) is 0.419. The highest BCUT2D eigenvalue weighted by molar-refractivity contribution is 7.91. The zero-order valence-electron chi connectivity index (χ0n) is 17.0. The number of carbonyl (C=O) groups excluding carboxylic acids is 2. The third-order valence-corrected chi connectivity index (χ3v) is 7.45. The van der Waals surface area contributed by atoms with Gasteiger partial charge in [0.15, 0.2) is 21.4 Å². The first-order valence-corrected chi connectivity index (χ1v) is 11.3. The summed E-state index contributed by atoms with van der Waals surface area (Å²) in [5, 5.41) is 0. The number of carbonyl (C=O) groups is 2. The van der Waals surface area contributed by atoms with Crippen molar-refractivity contribution in [1.29, 1.82) is 0 Å². The molecule has 0 atom stereocenters. The molecule has 158 valence electrons. The number of sulfone groups is 1. The molecule has 0 radical (unpaired) electrons. The Kier molecular flexibility index (Phi) is 5.04. The van der Waals surface area contributed by atoms with E-state index < -0.39 is 21.6 Å². The average Bonchev–Trinajstić information content (AvgIpc) is 3.16. The van der Waals surface area contributed by atoms with E-state index in [2.05, 4.69) is 0 Å². The molecule has 0 saturated carbocycles. The van der Waals surface area contributed by atoms with Crippen LogP contribution in [0.4, 0.5) is 0 Å². The van der Waals surface area contributed by atoms with Crippen LogP contribution < -0.4 is 4.74 Å². The van der Waals surface area contributed by atoms with E-state index in [0.29, 0.717) is 35.5 Å². The van der Waals surface area contributed by atoms with Crippen molar-refractivity contribution in [2.45, 2.75) is 37.9 Å². The number of benzene rings is 2. The van der Waals surface area contributed by atoms with Crippen LogP contribution in [0.2, 0.25) is 0 Å². The second kappa shape index (κ2) is 7.30. The van der Waals surface area contributed by atoms with Crippen LogP contribution in [-0.4, -0.2) is 39.1 Å². The summed E-state index contributed by atoms with van der Waals surface area (Å²) in [6, 6.07) is 7.79. The van der Waals surface area contributed by atoms with Crippen LogP contribution >= 0.6 is 0 Å². The lowest BCUT2D eigenvalue weighted by Crippen LogP contribution is -2.38. The summed E-state index contributed by atoms with van der Waals surface area (Å²) in [4.78, 5) is 24.5. The van der Waals surface area contributed by atoms with Gasteiger partial charge in [-0.1, -0.05) is 0 Å². The third-order valence-electron chi connectivity index (χ3n) is 5.56. The molecule has 8 heteroatoms. The van der Waals surface area contributed by atoms with Crippen LogP contribution in [-0.2, 0) is 25.1 Å². The van der Waals surface area contributed by atoms with Crippen molar-refractivity contribution in [3.8, 4) is 5.75 Å². The first kappa shape index (κ1) is 20.7. The first-order valence-electron chi connectivity index (χ1n) is 9.63. The molecule has 2 aliphatic heterocycles. The number of ketones is 1. The van der Waals surface area contributed by atoms with Crippen molar-refractivity contribution in [2.75, 3.05) is 19.0 Å². The van der Waals surface area contributed by atoms with Crippen LogP contribution in [0.5, 0.6) is 5.75 Å². The summed E-state index contributed by atoms with van der Waals surface area (Å²) in [6.07, 6.45) is 0.174. The lowest BCUT2D eigenvalue weighted by molar-refractivity contribution is -0.170.